The normalized spacial score (nSPS) is 35.6. The molecule has 0 aliphatic carbocycles. The summed E-state index contributed by atoms with van der Waals surface area (Å²) in [4.78, 5) is 0. The quantitative estimate of drug-likeness (QED) is 0.468. The third-order valence-corrected chi connectivity index (χ3v) is 1.07. The highest BCUT2D eigenvalue weighted by atomic mass is 16.7. The van der Waals surface area contributed by atoms with Crippen LogP contribution in [0, 0.1) is 6.92 Å². The van der Waals surface area contributed by atoms with E-state index in [4.69, 9.17) is 9.47 Å². The molecular formula is C6H11O2. The van der Waals surface area contributed by atoms with E-state index in [-0.39, 0.29) is 6.10 Å². The van der Waals surface area contributed by atoms with Gasteiger partial charge in [-0.25, -0.2) is 0 Å². The first kappa shape index (κ1) is 6.05. The van der Waals surface area contributed by atoms with E-state index in [2.05, 4.69) is 6.92 Å². The van der Waals surface area contributed by atoms with Crippen LogP contribution in [0.1, 0.15) is 13.8 Å². The first-order valence-electron chi connectivity index (χ1n) is 2.75. The van der Waals surface area contributed by atoms with Gasteiger partial charge in [0, 0.05) is 0 Å². The number of hydrogen-bond donors (Lipinski definition) is 0. The number of ether oxygens (including phenoxy) is 2. The average Bonchev–Trinajstić information content (AvgIpc) is 1.82. The van der Waals surface area contributed by atoms with Gasteiger partial charge in [0.1, 0.15) is 0 Å². The van der Waals surface area contributed by atoms with Gasteiger partial charge in [-0.05, 0) is 20.8 Å². The van der Waals surface area contributed by atoms with Crippen LogP contribution in [0.3, 0.4) is 0 Å². The van der Waals surface area contributed by atoms with Crippen LogP contribution in [-0.2, 0) is 9.47 Å². The molecule has 1 rings (SSSR count). The van der Waals surface area contributed by atoms with Crippen LogP contribution >= 0.6 is 0 Å². The summed E-state index contributed by atoms with van der Waals surface area (Å²) in [6.07, 6.45) is 0.0185. The zero-order chi connectivity index (χ0) is 6.20. The summed E-state index contributed by atoms with van der Waals surface area (Å²) in [5.41, 5.74) is 0. The van der Waals surface area contributed by atoms with Crippen molar-refractivity contribution in [3.05, 3.63) is 6.92 Å². The van der Waals surface area contributed by atoms with Crippen molar-refractivity contribution in [1.82, 2.24) is 0 Å². The average molecular weight is 115 g/mol. The first-order chi connectivity index (χ1) is 3.60. The molecular weight excluding hydrogens is 104 g/mol. The van der Waals surface area contributed by atoms with Crippen LogP contribution in [0.2, 0.25) is 0 Å². The fourth-order valence-corrected chi connectivity index (χ4v) is 0.763. The van der Waals surface area contributed by atoms with Crippen molar-refractivity contribution in [2.24, 2.45) is 0 Å². The zero-order valence-electron chi connectivity index (χ0n) is 5.31. The van der Waals surface area contributed by atoms with Crippen LogP contribution in [0.15, 0.2) is 0 Å². The minimum atomic E-state index is -0.396. The van der Waals surface area contributed by atoms with Gasteiger partial charge in [0.2, 0.25) is 0 Å². The third-order valence-electron chi connectivity index (χ3n) is 1.07. The Morgan fingerprint density at radius 1 is 1.62 bits per heavy atom. The standard InChI is InChI=1S/C6H11O2/c1-5-4-7-6(2,3)8-5/h5H,1,4H2,2-3H3. The molecule has 1 heterocycles. The Labute approximate surface area is 49.8 Å². The molecule has 1 radical (unpaired) electrons. The van der Waals surface area contributed by atoms with Crippen LogP contribution in [0.25, 0.3) is 0 Å². The second-order valence-electron chi connectivity index (χ2n) is 2.45. The second-order valence-corrected chi connectivity index (χ2v) is 2.45. The van der Waals surface area contributed by atoms with Crippen LogP contribution in [0.5, 0.6) is 0 Å². The Balaban J connectivity index is 2.44. The Kier molecular flexibility index (Phi) is 1.29. The van der Waals surface area contributed by atoms with E-state index in [1.807, 2.05) is 13.8 Å². The van der Waals surface area contributed by atoms with Gasteiger partial charge < -0.3 is 9.47 Å². The van der Waals surface area contributed by atoms with Crippen molar-refractivity contribution in [3.63, 3.8) is 0 Å². The molecule has 8 heavy (non-hydrogen) atoms. The van der Waals surface area contributed by atoms with E-state index in [9.17, 15) is 0 Å². The molecule has 1 aliphatic heterocycles. The van der Waals surface area contributed by atoms with Gasteiger partial charge in [-0.2, -0.15) is 0 Å². The molecule has 2 heteroatoms. The van der Waals surface area contributed by atoms with Gasteiger partial charge in [0.05, 0.1) is 12.7 Å². The third kappa shape index (κ3) is 1.20. The lowest BCUT2D eigenvalue weighted by molar-refractivity contribution is -0.133. The summed E-state index contributed by atoms with van der Waals surface area (Å²) in [7, 11) is 0. The van der Waals surface area contributed by atoms with E-state index in [0.717, 1.165) is 0 Å². The maximum absolute atomic E-state index is 5.22. The summed E-state index contributed by atoms with van der Waals surface area (Å²) in [6, 6.07) is 0. The Hall–Kier alpha value is -0.0800. The number of rotatable bonds is 0. The predicted octanol–water partition coefficient (Wildman–Crippen LogP) is 0.972. The van der Waals surface area contributed by atoms with Crippen LogP contribution in [-0.4, -0.2) is 18.5 Å². The minimum absolute atomic E-state index is 0.0185. The van der Waals surface area contributed by atoms with Gasteiger partial charge in [-0.3, -0.25) is 0 Å². The lowest BCUT2D eigenvalue weighted by atomic mass is 10.4. The van der Waals surface area contributed by atoms with Crippen molar-refractivity contribution < 1.29 is 9.47 Å². The maximum atomic E-state index is 5.22. The SMILES string of the molecule is [CH2]C1COC(C)(C)O1. The fourth-order valence-electron chi connectivity index (χ4n) is 0.763. The Bertz CT molecular complexity index is 88.5. The van der Waals surface area contributed by atoms with Crippen LogP contribution < -0.4 is 0 Å². The highest BCUT2D eigenvalue weighted by Gasteiger charge is 2.29. The molecule has 1 saturated heterocycles. The number of hydrogen-bond acceptors (Lipinski definition) is 2. The molecule has 0 aromatic rings. The molecule has 1 unspecified atom stereocenters. The van der Waals surface area contributed by atoms with E-state index in [1.165, 1.54) is 0 Å². The van der Waals surface area contributed by atoms with E-state index >= 15 is 0 Å². The lowest BCUT2D eigenvalue weighted by Crippen LogP contribution is -2.20. The van der Waals surface area contributed by atoms with Gasteiger partial charge in [-0.15, -0.1) is 0 Å². The van der Waals surface area contributed by atoms with Crippen LogP contribution in [0.4, 0.5) is 0 Å². The van der Waals surface area contributed by atoms with E-state index in [1.54, 1.807) is 0 Å². The van der Waals surface area contributed by atoms with Gasteiger partial charge in [0.15, 0.2) is 5.79 Å². The summed E-state index contributed by atoms with van der Waals surface area (Å²) >= 11 is 0. The highest BCUT2D eigenvalue weighted by molar-refractivity contribution is 4.71. The summed E-state index contributed by atoms with van der Waals surface area (Å²) in [6.45, 7) is 8.08. The smallest absolute Gasteiger partial charge is 0.163 e. The van der Waals surface area contributed by atoms with Crippen molar-refractivity contribution in [2.75, 3.05) is 6.61 Å². The summed E-state index contributed by atoms with van der Waals surface area (Å²) < 4.78 is 10.4. The van der Waals surface area contributed by atoms with E-state index < -0.39 is 5.79 Å². The zero-order valence-corrected chi connectivity index (χ0v) is 5.31. The maximum Gasteiger partial charge on any atom is 0.163 e. The molecule has 0 aromatic carbocycles. The first-order valence-corrected chi connectivity index (χ1v) is 2.75. The Morgan fingerprint density at radius 2 is 2.25 bits per heavy atom. The molecule has 1 fully saturated rings. The molecule has 1 atom stereocenters. The molecule has 1 aliphatic rings. The van der Waals surface area contributed by atoms with Crippen molar-refractivity contribution in [3.8, 4) is 0 Å². The summed E-state index contributed by atoms with van der Waals surface area (Å²) in [5.74, 6) is -0.396. The minimum Gasteiger partial charge on any atom is -0.348 e. The molecule has 0 N–H and O–H groups in total. The monoisotopic (exact) mass is 115 g/mol. The Morgan fingerprint density at radius 3 is 2.38 bits per heavy atom. The van der Waals surface area contributed by atoms with Gasteiger partial charge in [0.25, 0.3) is 0 Å². The fraction of sp³-hybridized carbons (Fsp3) is 0.833. The van der Waals surface area contributed by atoms with Crippen molar-refractivity contribution in [1.29, 1.82) is 0 Å². The van der Waals surface area contributed by atoms with Gasteiger partial charge >= 0.3 is 0 Å². The molecule has 0 spiro atoms. The lowest BCUT2D eigenvalue weighted by Gasteiger charge is -2.15. The largest absolute Gasteiger partial charge is 0.348 e. The van der Waals surface area contributed by atoms with Crippen molar-refractivity contribution >= 4 is 0 Å². The molecule has 47 valence electrons. The predicted molar refractivity (Wildman–Crippen MR) is 30.3 cm³/mol. The van der Waals surface area contributed by atoms with Crippen molar-refractivity contribution in [2.45, 2.75) is 25.7 Å². The highest BCUT2D eigenvalue weighted by Crippen LogP contribution is 2.20. The van der Waals surface area contributed by atoms with Gasteiger partial charge in [-0.1, -0.05) is 0 Å². The molecule has 0 bridgehead atoms. The second kappa shape index (κ2) is 1.71. The van der Waals surface area contributed by atoms with E-state index in [0.29, 0.717) is 6.61 Å². The molecule has 2 nitrogen and oxygen atoms in total. The molecule has 0 aromatic heterocycles. The topological polar surface area (TPSA) is 18.5 Å². The molecule has 0 amide bonds. The summed E-state index contributed by atoms with van der Waals surface area (Å²) in [5, 5.41) is 0. The molecule has 0 saturated carbocycles.